The number of hydrogen-bond acceptors (Lipinski definition) is 5. The first-order valence-electron chi connectivity index (χ1n) is 9.53. The third-order valence-electron chi connectivity index (χ3n) is 5.04. The Labute approximate surface area is 172 Å². The normalized spacial score (nSPS) is 16.3. The standard InChI is InChI=1S/C21H21ClN4O3/c1-14-8-9-19(27)26(24-14)13-20(28)25-10-4-7-18(25)21-23-12-16(29-21)11-15-5-2-3-6-17(15)22/h2-3,5-6,8-9,12,18H,4,7,10-11,13H2,1H3. The summed E-state index contributed by atoms with van der Waals surface area (Å²) in [6, 6.07) is 10.4. The van der Waals surface area contributed by atoms with Crippen LogP contribution in [0.3, 0.4) is 0 Å². The summed E-state index contributed by atoms with van der Waals surface area (Å²) < 4.78 is 7.15. The molecule has 1 amide bonds. The smallest absolute Gasteiger partial charge is 0.267 e. The Hall–Kier alpha value is -2.93. The summed E-state index contributed by atoms with van der Waals surface area (Å²) >= 11 is 6.22. The van der Waals surface area contributed by atoms with Crippen LogP contribution in [0.15, 0.2) is 51.8 Å². The van der Waals surface area contributed by atoms with Crippen LogP contribution in [0.25, 0.3) is 0 Å². The molecule has 4 rings (SSSR count). The van der Waals surface area contributed by atoms with Crippen molar-refractivity contribution in [2.24, 2.45) is 0 Å². The van der Waals surface area contributed by atoms with Gasteiger partial charge in [-0.05, 0) is 37.5 Å². The first kappa shape index (κ1) is 19.4. The van der Waals surface area contributed by atoms with Crippen molar-refractivity contribution in [3.05, 3.63) is 80.9 Å². The number of nitrogens with zero attached hydrogens (tertiary/aromatic N) is 4. The van der Waals surface area contributed by atoms with E-state index in [4.69, 9.17) is 16.0 Å². The number of rotatable bonds is 5. The van der Waals surface area contributed by atoms with E-state index in [-0.39, 0.29) is 24.1 Å². The van der Waals surface area contributed by atoms with Gasteiger partial charge in [0.2, 0.25) is 11.8 Å². The second-order valence-electron chi connectivity index (χ2n) is 7.15. The lowest BCUT2D eigenvalue weighted by molar-refractivity contribution is -0.133. The van der Waals surface area contributed by atoms with Crippen LogP contribution in [0.5, 0.6) is 0 Å². The lowest BCUT2D eigenvalue weighted by Gasteiger charge is -2.22. The molecule has 0 bridgehead atoms. The number of amides is 1. The predicted molar refractivity (Wildman–Crippen MR) is 108 cm³/mol. The van der Waals surface area contributed by atoms with Crippen molar-refractivity contribution in [3.63, 3.8) is 0 Å². The molecule has 3 aromatic rings. The van der Waals surface area contributed by atoms with Gasteiger partial charge < -0.3 is 9.32 Å². The van der Waals surface area contributed by atoms with Gasteiger partial charge in [0, 0.05) is 24.1 Å². The molecule has 3 heterocycles. The first-order valence-corrected chi connectivity index (χ1v) is 9.91. The van der Waals surface area contributed by atoms with Crippen LogP contribution in [0, 0.1) is 6.92 Å². The Morgan fingerprint density at radius 3 is 2.93 bits per heavy atom. The molecule has 1 aromatic carbocycles. The summed E-state index contributed by atoms with van der Waals surface area (Å²) in [6.45, 7) is 2.29. The molecule has 0 radical (unpaired) electrons. The highest BCUT2D eigenvalue weighted by Gasteiger charge is 2.33. The molecule has 29 heavy (non-hydrogen) atoms. The first-order chi connectivity index (χ1) is 14.0. The third-order valence-corrected chi connectivity index (χ3v) is 5.41. The minimum absolute atomic E-state index is 0.0931. The summed E-state index contributed by atoms with van der Waals surface area (Å²) in [7, 11) is 0. The second-order valence-corrected chi connectivity index (χ2v) is 7.56. The Kier molecular flexibility index (Phi) is 5.49. The van der Waals surface area contributed by atoms with Gasteiger partial charge in [0.25, 0.3) is 5.56 Å². The van der Waals surface area contributed by atoms with Crippen molar-refractivity contribution in [3.8, 4) is 0 Å². The van der Waals surface area contributed by atoms with Gasteiger partial charge in [0.1, 0.15) is 18.3 Å². The van der Waals surface area contributed by atoms with Crippen LogP contribution in [-0.4, -0.2) is 32.1 Å². The quantitative estimate of drug-likeness (QED) is 0.643. The Morgan fingerprint density at radius 1 is 1.28 bits per heavy atom. The predicted octanol–water partition coefficient (Wildman–Crippen LogP) is 3.15. The van der Waals surface area contributed by atoms with Crippen LogP contribution >= 0.6 is 11.6 Å². The molecule has 1 unspecified atom stereocenters. The molecule has 1 aliphatic rings. The SMILES string of the molecule is Cc1ccc(=O)n(CC(=O)N2CCCC2c2ncc(Cc3ccccc3Cl)o2)n1. The molecular formula is C21H21ClN4O3. The van der Waals surface area contributed by atoms with Gasteiger partial charge in [-0.3, -0.25) is 9.59 Å². The van der Waals surface area contributed by atoms with E-state index < -0.39 is 0 Å². The maximum absolute atomic E-state index is 12.8. The van der Waals surface area contributed by atoms with Gasteiger partial charge >= 0.3 is 0 Å². The fourth-order valence-corrected chi connectivity index (χ4v) is 3.80. The Morgan fingerprint density at radius 2 is 2.10 bits per heavy atom. The molecule has 2 aromatic heterocycles. The Balaban J connectivity index is 1.49. The average Bonchev–Trinajstić information content (AvgIpc) is 3.36. The summed E-state index contributed by atoms with van der Waals surface area (Å²) in [5, 5.41) is 4.83. The molecule has 1 atom stereocenters. The lowest BCUT2D eigenvalue weighted by Crippen LogP contribution is -2.37. The third kappa shape index (κ3) is 4.24. The number of carbonyl (C=O) groups excluding carboxylic acids is 1. The fraction of sp³-hybridized carbons (Fsp3) is 0.333. The van der Waals surface area contributed by atoms with E-state index in [1.165, 1.54) is 10.7 Å². The van der Waals surface area contributed by atoms with Crippen LogP contribution in [0.4, 0.5) is 0 Å². The van der Waals surface area contributed by atoms with Crippen molar-refractivity contribution in [1.29, 1.82) is 0 Å². The molecule has 7 nitrogen and oxygen atoms in total. The zero-order chi connectivity index (χ0) is 20.4. The van der Waals surface area contributed by atoms with Crippen molar-refractivity contribution in [2.45, 2.75) is 38.8 Å². The van der Waals surface area contributed by atoms with E-state index in [1.54, 1.807) is 24.1 Å². The molecule has 0 aliphatic carbocycles. The molecule has 0 saturated carbocycles. The van der Waals surface area contributed by atoms with Crippen LogP contribution in [-0.2, 0) is 17.8 Å². The number of aryl methyl sites for hydroxylation is 1. The largest absolute Gasteiger partial charge is 0.443 e. The van der Waals surface area contributed by atoms with Crippen LogP contribution in [0.1, 0.15) is 41.8 Å². The van der Waals surface area contributed by atoms with E-state index in [0.29, 0.717) is 35.3 Å². The molecule has 1 aliphatic heterocycles. The van der Waals surface area contributed by atoms with E-state index in [1.807, 2.05) is 24.3 Å². The van der Waals surface area contributed by atoms with E-state index >= 15 is 0 Å². The van der Waals surface area contributed by atoms with Crippen molar-refractivity contribution >= 4 is 17.5 Å². The maximum Gasteiger partial charge on any atom is 0.267 e. The highest BCUT2D eigenvalue weighted by molar-refractivity contribution is 6.31. The zero-order valence-corrected chi connectivity index (χ0v) is 16.8. The number of hydrogen-bond donors (Lipinski definition) is 0. The monoisotopic (exact) mass is 412 g/mol. The lowest BCUT2D eigenvalue weighted by atomic mass is 10.1. The second kappa shape index (κ2) is 8.21. The van der Waals surface area contributed by atoms with Crippen molar-refractivity contribution in [1.82, 2.24) is 19.7 Å². The van der Waals surface area contributed by atoms with Gasteiger partial charge in [-0.15, -0.1) is 0 Å². The molecule has 1 saturated heterocycles. The van der Waals surface area contributed by atoms with Gasteiger partial charge in [-0.25, -0.2) is 9.67 Å². The van der Waals surface area contributed by atoms with Crippen LogP contribution < -0.4 is 5.56 Å². The fourth-order valence-electron chi connectivity index (χ4n) is 3.59. The van der Waals surface area contributed by atoms with E-state index in [0.717, 1.165) is 18.4 Å². The van der Waals surface area contributed by atoms with Crippen molar-refractivity contribution < 1.29 is 9.21 Å². The van der Waals surface area contributed by atoms with Gasteiger partial charge in [-0.2, -0.15) is 5.10 Å². The number of likely N-dealkylation sites (tertiary alicyclic amines) is 1. The summed E-state index contributed by atoms with van der Waals surface area (Å²) in [6.07, 6.45) is 3.85. The molecule has 0 N–H and O–H groups in total. The minimum atomic E-state index is -0.294. The molecule has 8 heteroatoms. The highest BCUT2D eigenvalue weighted by atomic mass is 35.5. The number of benzene rings is 1. The number of oxazole rings is 1. The molecular weight excluding hydrogens is 392 g/mol. The molecule has 0 spiro atoms. The molecule has 150 valence electrons. The Bertz CT molecular complexity index is 1090. The van der Waals surface area contributed by atoms with Crippen LogP contribution in [0.2, 0.25) is 5.02 Å². The molecule has 1 fully saturated rings. The van der Waals surface area contributed by atoms with Gasteiger partial charge in [0.05, 0.1) is 11.9 Å². The van der Waals surface area contributed by atoms with Gasteiger partial charge in [-0.1, -0.05) is 29.8 Å². The zero-order valence-electron chi connectivity index (χ0n) is 16.0. The topological polar surface area (TPSA) is 81.2 Å². The average molecular weight is 413 g/mol. The van der Waals surface area contributed by atoms with Gasteiger partial charge in [0.15, 0.2) is 0 Å². The summed E-state index contributed by atoms with van der Waals surface area (Å²) in [4.78, 5) is 30.9. The summed E-state index contributed by atoms with van der Waals surface area (Å²) in [5.74, 6) is 1.05. The highest BCUT2D eigenvalue weighted by Crippen LogP contribution is 2.32. The number of carbonyl (C=O) groups is 1. The number of halogens is 1. The van der Waals surface area contributed by atoms with E-state index in [2.05, 4.69) is 10.1 Å². The summed E-state index contributed by atoms with van der Waals surface area (Å²) in [5.41, 5.74) is 1.35. The minimum Gasteiger partial charge on any atom is -0.443 e. The maximum atomic E-state index is 12.8. The van der Waals surface area contributed by atoms with Crippen molar-refractivity contribution in [2.75, 3.05) is 6.54 Å². The number of aromatic nitrogens is 3. The van der Waals surface area contributed by atoms with E-state index in [9.17, 15) is 9.59 Å².